The summed E-state index contributed by atoms with van der Waals surface area (Å²) in [4.78, 5) is 4.60. The molecule has 11 rings (SSSR count). The van der Waals surface area contributed by atoms with Crippen LogP contribution in [0.2, 0.25) is 0 Å². The second-order valence-corrected chi connectivity index (χ2v) is 14.2. The summed E-state index contributed by atoms with van der Waals surface area (Å²) < 4.78 is 6.29. The lowest BCUT2D eigenvalue weighted by molar-refractivity contribution is 0.669. The fraction of sp³-hybridized carbons (Fsp3) is 0. The van der Waals surface area contributed by atoms with Gasteiger partial charge in [-0.25, -0.2) is 0 Å². The van der Waals surface area contributed by atoms with Gasteiger partial charge in [-0.05, 0) is 113 Å². The molecule has 2 heterocycles. The van der Waals surface area contributed by atoms with Crippen LogP contribution in [0.15, 0.2) is 205 Å². The highest BCUT2D eigenvalue weighted by Gasteiger charge is 2.23. The predicted molar refractivity (Wildman–Crippen MR) is 231 cm³/mol. The molecule has 0 N–H and O–H groups in total. The van der Waals surface area contributed by atoms with Crippen LogP contribution in [0, 0.1) is 0 Å². The predicted octanol–water partition coefficient (Wildman–Crippen LogP) is 14.8. The van der Waals surface area contributed by atoms with Crippen molar-refractivity contribution in [3.63, 3.8) is 0 Å². The summed E-state index contributed by atoms with van der Waals surface area (Å²) in [6.07, 6.45) is 1.85. The van der Waals surface area contributed by atoms with Crippen LogP contribution >= 0.6 is 0 Å². The van der Waals surface area contributed by atoms with Crippen molar-refractivity contribution in [2.75, 3.05) is 0 Å². The first kappa shape index (κ1) is 31.3. The molecular formula is C53H33NO. The summed E-state index contributed by atoms with van der Waals surface area (Å²) in [6, 6.07) is 70.1. The molecule has 11 aromatic rings. The topological polar surface area (TPSA) is 26.0 Å². The molecule has 256 valence electrons. The molecule has 0 atom stereocenters. The maximum Gasteiger partial charge on any atom is 0.135 e. The Hall–Kier alpha value is -7.29. The highest BCUT2D eigenvalue weighted by molar-refractivity contribution is 6.24. The second-order valence-electron chi connectivity index (χ2n) is 14.2. The number of pyridine rings is 1. The number of furan rings is 1. The minimum atomic E-state index is 0.895. The van der Waals surface area contributed by atoms with Gasteiger partial charge in [0.05, 0.1) is 5.69 Å². The largest absolute Gasteiger partial charge is 0.456 e. The number of hydrogen-bond acceptors (Lipinski definition) is 2. The molecule has 0 spiro atoms. The van der Waals surface area contributed by atoms with Gasteiger partial charge in [0.2, 0.25) is 0 Å². The summed E-state index contributed by atoms with van der Waals surface area (Å²) in [7, 11) is 0. The fourth-order valence-corrected chi connectivity index (χ4v) is 8.60. The number of nitrogens with zero attached hydrogens (tertiary/aromatic N) is 1. The van der Waals surface area contributed by atoms with Crippen molar-refractivity contribution < 1.29 is 4.42 Å². The summed E-state index contributed by atoms with van der Waals surface area (Å²) >= 11 is 0. The van der Waals surface area contributed by atoms with Crippen LogP contribution in [0.1, 0.15) is 0 Å². The summed E-state index contributed by atoms with van der Waals surface area (Å²) in [5.74, 6) is 0. The van der Waals surface area contributed by atoms with E-state index in [1.807, 2.05) is 30.5 Å². The van der Waals surface area contributed by atoms with Gasteiger partial charge >= 0.3 is 0 Å². The minimum Gasteiger partial charge on any atom is -0.456 e. The first-order valence-corrected chi connectivity index (χ1v) is 18.8. The zero-order valence-electron chi connectivity index (χ0n) is 29.9. The Morgan fingerprint density at radius 1 is 0.309 bits per heavy atom. The Morgan fingerprint density at radius 2 is 0.855 bits per heavy atom. The van der Waals surface area contributed by atoms with E-state index in [4.69, 9.17) is 4.42 Å². The lowest BCUT2D eigenvalue weighted by Gasteiger charge is -2.22. The number of hydrogen-bond donors (Lipinski definition) is 0. The number of fused-ring (bicyclic) bond motifs is 6. The van der Waals surface area contributed by atoms with Gasteiger partial charge in [-0.15, -0.1) is 0 Å². The molecule has 0 saturated carbocycles. The highest BCUT2D eigenvalue weighted by Crippen LogP contribution is 2.50. The number of para-hydroxylation sites is 1. The molecule has 2 heteroatoms. The Morgan fingerprint density at radius 3 is 1.56 bits per heavy atom. The van der Waals surface area contributed by atoms with Crippen LogP contribution in [0.5, 0.6) is 0 Å². The summed E-state index contributed by atoms with van der Waals surface area (Å²) in [5.41, 5.74) is 13.5. The standard InChI is InChI=1S/C53H33NO/c1-2-13-37-32-38(28-23-34(37)12-1)40-19-11-20-41(39-29-30-50-47(33-39)42-14-7-8-22-49(42)55-50)52(40)53-45-17-5-3-15-43(45)51(44-16-4-6-18-46(44)53)36-26-24-35(25-27-36)48-21-9-10-31-54-48/h1-33H. The molecule has 2 nitrogen and oxygen atoms in total. The van der Waals surface area contributed by atoms with E-state index in [-0.39, 0.29) is 0 Å². The van der Waals surface area contributed by atoms with Gasteiger partial charge in [-0.3, -0.25) is 4.98 Å². The Kier molecular flexibility index (Phi) is 7.21. The van der Waals surface area contributed by atoms with Gasteiger partial charge in [0.25, 0.3) is 0 Å². The van der Waals surface area contributed by atoms with Gasteiger partial charge in [-0.1, -0.05) is 158 Å². The van der Waals surface area contributed by atoms with Crippen LogP contribution in [-0.2, 0) is 0 Å². The maximum atomic E-state index is 6.29. The molecule has 0 unspecified atom stereocenters. The zero-order chi connectivity index (χ0) is 36.3. The van der Waals surface area contributed by atoms with E-state index in [9.17, 15) is 0 Å². The summed E-state index contributed by atoms with van der Waals surface area (Å²) in [5, 5.41) is 9.58. The average Bonchev–Trinajstić information content (AvgIpc) is 3.63. The Balaban J connectivity index is 1.22. The zero-order valence-corrected chi connectivity index (χ0v) is 29.9. The van der Waals surface area contributed by atoms with Crippen molar-refractivity contribution in [3.05, 3.63) is 200 Å². The molecule has 0 bridgehead atoms. The van der Waals surface area contributed by atoms with E-state index in [0.29, 0.717) is 0 Å². The molecule has 0 fully saturated rings. The van der Waals surface area contributed by atoms with Crippen molar-refractivity contribution in [1.82, 2.24) is 4.98 Å². The van der Waals surface area contributed by atoms with Crippen LogP contribution < -0.4 is 0 Å². The molecule has 55 heavy (non-hydrogen) atoms. The van der Waals surface area contributed by atoms with E-state index in [1.54, 1.807) is 0 Å². The third-order valence-electron chi connectivity index (χ3n) is 11.1. The van der Waals surface area contributed by atoms with E-state index in [2.05, 4.69) is 175 Å². The molecule has 9 aromatic carbocycles. The first-order chi connectivity index (χ1) is 27.3. The maximum absolute atomic E-state index is 6.29. The van der Waals surface area contributed by atoms with Crippen molar-refractivity contribution in [3.8, 4) is 55.8 Å². The van der Waals surface area contributed by atoms with Gasteiger partial charge in [-0.2, -0.15) is 0 Å². The number of rotatable bonds is 5. The average molecular weight is 700 g/mol. The molecule has 2 aromatic heterocycles. The molecule has 0 aliphatic rings. The van der Waals surface area contributed by atoms with Crippen LogP contribution in [0.3, 0.4) is 0 Å². The lowest BCUT2D eigenvalue weighted by Crippen LogP contribution is -1.95. The van der Waals surface area contributed by atoms with Gasteiger partial charge in [0, 0.05) is 22.5 Å². The van der Waals surface area contributed by atoms with Crippen LogP contribution in [0.25, 0.3) is 110 Å². The molecule has 0 saturated heterocycles. The van der Waals surface area contributed by atoms with Gasteiger partial charge in [0.1, 0.15) is 11.2 Å². The van der Waals surface area contributed by atoms with E-state index < -0.39 is 0 Å². The van der Waals surface area contributed by atoms with E-state index in [0.717, 1.165) is 38.8 Å². The fourth-order valence-electron chi connectivity index (χ4n) is 8.60. The normalized spacial score (nSPS) is 11.6. The second kappa shape index (κ2) is 12.7. The van der Waals surface area contributed by atoms with Crippen LogP contribution in [0.4, 0.5) is 0 Å². The molecule has 0 aliphatic heterocycles. The Labute approximate surface area is 318 Å². The SMILES string of the molecule is c1ccc(-c2ccc(-c3c4ccccc4c(-c4c(-c5ccc6ccccc6c5)cccc4-c4ccc5oc6ccccc6c5c4)c4ccccc34)cc2)nc1. The number of aromatic nitrogens is 1. The molecule has 0 amide bonds. The highest BCUT2D eigenvalue weighted by atomic mass is 16.3. The lowest BCUT2D eigenvalue weighted by atomic mass is 9.80. The van der Waals surface area contributed by atoms with Crippen molar-refractivity contribution >= 4 is 54.3 Å². The molecule has 0 radical (unpaired) electrons. The third kappa shape index (κ3) is 5.15. The number of benzene rings is 9. The summed E-state index contributed by atoms with van der Waals surface area (Å²) in [6.45, 7) is 0. The first-order valence-electron chi connectivity index (χ1n) is 18.8. The molecule has 0 aliphatic carbocycles. The molecular weight excluding hydrogens is 667 g/mol. The van der Waals surface area contributed by atoms with Crippen molar-refractivity contribution in [1.29, 1.82) is 0 Å². The third-order valence-corrected chi connectivity index (χ3v) is 11.1. The van der Waals surface area contributed by atoms with Gasteiger partial charge in [0.15, 0.2) is 0 Å². The van der Waals surface area contributed by atoms with Crippen molar-refractivity contribution in [2.45, 2.75) is 0 Å². The van der Waals surface area contributed by atoms with Gasteiger partial charge < -0.3 is 4.42 Å². The van der Waals surface area contributed by atoms with E-state index >= 15 is 0 Å². The minimum absolute atomic E-state index is 0.895. The smallest absolute Gasteiger partial charge is 0.135 e. The van der Waals surface area contributed by atoms with E-state index in [1.165, 1.54) is 71.3 Å². The Bertz CT molecular complexity index is 3190. The van der Waals surface area contributed by atoms with Crippen molar-refractivity contribution in [2.24, 2.45) is 0 Å². The van der Waals surface area contributed by atoms with Crippen LogP contribution in [-0.4, -0.2) is 4.98 Å². The monoisotopic (exact) mass is 699 g/mol. The quantitative estimate of drug-likeness (QED) is 0.167.